The van der Waals surface area contributed by atoms with Crippen LogP contribution >= 0.6 is 0 Å². The van der Waals surface area contributed by atoms with Crippen molar-refractivity contribution in [1.82, 2.24) is 5.32 Å². The van der Waals surface area contributed by atoms with Crippen molar-refractivity contribution in [3.63, 3.8) is 0 Å². The predicted molar refractivity (Wildman–Crippen MR) is 84.4 cm³/mol. The van der Waals surface area contributed by atoms with Gasteiger partial charge in [0.1, 0.15) is 11.5 Å². The summed E-state index contributed by atoms with van der Waals surface area (Å²) in [5.41, 5.74) is 0.174. The molecule has 0 saturated heterocycles. The van der Waals surface area contributed by atoms with E-state index in [-0.39, 0.29) is 11.7 Å². The third kappa shape index (κ3) is 5.28. The normalized spacial score (nSPS) is 12.5. The first kappa shape index (κ1) is 17.8. The van der Waals surface area contributed by atoms with Crippen LogP contribution in [0, 0.1) is 17.2 Å². The highest BCUT2D eigenvalue weighted by atomic mass is 19.4. The summed E-state index contributed by atoms with van der Waals surface area (Å²) in [6.07, 6.45) is -4.40. The molecule has 0 aliphatic heterocycles. The standard InChI is InChI=1S/C18H17F3N2O/c1-13(10-22)11-23-12-14-4-2-6-16(8-14)24-17-7-3-5-15(9-17)18(19,20)21/h2-9,13,23H,11-12H2,1H3. The van der Waals surface area contributed by atoms with Crippen molar-refractivity contribution in [3.8, 4) is 17.6 Å². The summed E-state index contributed by atoms with van der Waals surface area (Å²) >= 11 is 0. The SMILES string of the molecule is CC(C#N)CNCc1cccc(Oc2cccc(C(F)(F)F)c2)c1. The molecular formula is C18H17F3N2O. The number of nitrogens with zero attached hydrogens (tertiary/aromatic N) is 1. The molecule has 126 valence electrons. The maximum Gasteiger partial charge on any atom is 0.416 e. The van der Waals surface area contributed by atoms with E-state index in [1.807, 2.05) is 13.0 Å². The highest BCUT2D eigenvalue weighted by Crippen LogP contribution is 2.32. The van der Waals surface area contributed by atoms with Crippen molar-refractivity contribution >= 4 is 0 Å². The van der Waals surface area contributed by atoms with Crippen molar-refractivity contribution < 1.29 is 17.9 Å². The Morgan fingerprint density at radius 2 is 1.79 bits per heavy atom. The van der Waals surface area contributed by atoms with Gasteiger partial charge in [-0.05, 0) is 42.8 Å². The van der Waals surface area contributed by atoms with Crippen LogP contribution in [0.4, 0.5) is 13.2 Å². The lowest BCUT2D eigenvalue weighted by Gasteiger charge is -2.11. The average molecular weight is 334 g/mol. The van der Waals surface area contributed by atoms with E-state index in [4.69, 9.17) is 10.00 Å². The van der Waals surface area contributed by atoms with Crippen molar-refractivity contribution in [2.75, 3.05) is 6.54 Å². The molecule has 0 fully saturated rings. The first-order valence-corrected chi connectivity index (χ1v) is 7.43. The molecule has 6 heteroatoms. The van der Waals surface area contributed by atoms with Gasteiger partial charge in [0.2, 0.25) is 0 Å². The number of hydrogen-bond donors (Lipinski definition) is 1. The molecule has 0 amide bonds. The molecule has 2 rings (SSSR count). The average Bonchev–Trinajstić information content (AvgIpc) is 2.54. The summed E-state index contributed by atoms with van der Waals surface area (Å²) < 4.78 is 43.7. The molecule has 0 aliphatic rings. The monoisotopic (exact) mass is 334 g/mol. The molecule has 0 aliphatic carbocycles. The van der Waals surface area contributed by atoms with Gasteiger partial charge in [-0.25, -0.2) is 0 Å². The third-order valence-corrected chi connectivity index (χ3v) is 3.30. The molecule has 1 N–H and O–H groups in total. The molecule has 2 aromatic carbocycles. The molecule has 0 aromatic heterocycles. The lowest BCUT2D eigenvalue weighted by molar-refractivity contribution is -0.137. The molecule has 2 aromatic rings. The van der Waals surface area contributed by atoms with Gasteiger partial charge in [-0.1, -0.05) is 18.2 Å². The summed E-state index contributed by atoms with van der Waals surface area (Å²) in [5.74, 6) is 0.504. The van der Waals surface area contributed by atoms with Crippen LogP contribution in [0.25, 0.3) is 0 Å². The fourth-order valence-corrected chi connectivity index (χ4v) is 2.07. The van der Waals surface area contributed by atoms with Crippen molar-refractivity contribution in [1.29, 1.82) is 5.26 Å². The number of halogens is 3. The van der Waals surface area contributed by atoms with Gasteiger partial charge >= 0.3 is 6.18 Å². The second-order valence-corrected chi connectivity index (χ2v) is 5.44. The molecule has 0 bridgehead atoms. The summed E-state index contributed by atoms with van der Waals surface area (Å²) in [4.78, 5) is 0. The Balaban J connectivity index is 2.03. The van der Waals surface area contributed by atoms with Crippen LogP contribution in [0.3, 0.4) is 0 Å². The second kappa shape index (κ2) is 7.84. The topological polar surface area (TPSA) is 45.0 Å². The van der Waals surface area contributed by atoms with Gasteiger partial charge < -0.3 is 10.1 Å². The molecule has 0 saturated carbocycles. The van der Waals surface area contributed by atoms with Gasteiger partial charge in [0.25, 0.3) is 0 Å². The number of nitrogens with one attached hydrogen (secondary N) is 1. The van der Waals surface area contributed by atoms with E-state index in [0.717, 1.165) is 17.7 Å². The Hall–Kier alpha value is -2.52. The lowest BCUT2D eigenvalue weighted by atomic mass is 10.2. The van der Waals surface area contributed by atoms with E-state index in [0.29, 0.717) is 18.8 Å². The Bertz CT molecular complexity index is 723. The number of benzene rings is 2. The molecule has 1 unspecified atom stereocenters. The second-order valence-electron chi connectivity index (χ2n) is 5.44. The first-order chi connectivity index (χ1) is 11.4. The predicted octanol–water partition coefficient (Wildman–Crippen LogP) is 4.75. The third-order valence-electron chi connectivity index (χ3n) is 3.30. The van der Waals surface area contributed by atoms with Crippen LogP contribution in [-0.4, -0.2) is 6.54 Å². The summed E-state index contributed by atoms with van der Waals surface area (Å²) in [6.45, 7) is 2.93. The molecule has 1 atom stereocenters. The Kier molecular flexibility index (Phi) is 5.83. The highest BCUT2D eigenvalue weighted by molar-refractivity contribution is 5.36. The van der Waals surface area contributed by atoms with Gasteiger partial charge in [-0.3, -0.25) is 0 Å². The van der Waals surface area contributed by atoms with E-state index < -0.39 is 11.7 Å². The minimum absolute atomic E-state index is 0.0884. The van der Waals surface area contributed by atoms with E-state index >= 15 is 0 Å². The zero-order valence-corrected chi connectivity index (χ0v) is 13.1. The Morgan fingerprint density at radius 3 is 2.46 bits per heavy atom. The van der Waals surface area contributed by atoms with Crippen molar-refractivity contribution in [3.05, 3.63) is 59.7 Å². The van der Waals surface area contributed by atoms with Crippen LogP contribution in [-0.2, 0) is 12.7 Å². The molecule has 24 heavy (non-hydrogen) atoms. The van der Waals surface area contributed by atoms with Gasteiger partial charge in [0, 0.05) is 13.1 Å². The van der Waals surface area contributed by atoms with Crippen molar-refractivity contribution in [2.45, 2.75) is 19.6 Å². The largest absolute Gasteiger partial charge is 0.457 e. The zero-order valence-electron chi connectivity index (χ0n) is 13.1. The molecule has 0 radical (unpaired) electrons. The first-order valence-electron chi connectivity index (χ1n) is 7.43. The van der Waals surface area contributed by atoms with Crippen molar-refractivity contribution in [2.24, 2.45) is 5.92 Å². The highest BCUT2D eigenvalue weighted by Gasteiger charge is 2.30. The van der Waals surface area contributed by atoms with Crippen LogP contribution in [0.5, 0.6) is 11.5 Å². The number of ether oxygens (including phenoxy) is 1. The number of hydrogen-bond acceptors (Lipinski definition) is 3. The van der Waals surface area contributed by atoms with E-state index in [1.54, 1.807) is 18.2 Å². The maximum atomic E-state index is 12.7. The van der Waals surface area contributed by atoms with Gasteiger partial charge in [0.05, 0.1) is 17.6 Å². The molecule has 0 heterocycles. The minimum Gasteiger partial charge on any atom is -0.457 e. The van der Waals surface area contributed by atoms with Crippen LogP contribution in [0.1, 0.15) is 18.1 Å². The zero-order chi connectivity index (χ0) is 17.6. The molecule has 0 spiro atoms. The van der Waals surface area contributed by atoms with E-state index in [1.165, 1.54) is 12.1 Å². The fraction of sp³-hybridized carbons (Fsp3) is 0.278. The number of rotatable bonds is 6. The van der Waals surface area contributed by atoms with Gasteiger partial charge in [-0.2, -0.15) is 18.4 Å². The Morgan fingerprint density at radius 1 is 1.12 bits per heavy atom. The molecular weight excluding hydrogens is 317 g/mol. The van der Waals surface area contributed by atoms with Crippen LogP contribution < -0.4 is 10.1 Å². The summed E-state index contributed by atoms with van der Waals surface area (Å²) in [6, 6.07) is 14.0. The summed E-state index contributed by atoms with van der Waals surface area (Å²) in [7, 11) is 0. The molecule has 3 nitrogen and oxygen atoms in total. The quantitative estimate of drug-likeness (QED) is 0.829. The summed E-state index contributed by atoms with van der Waals surface area (Å²) in [5, 5.41) is 11.9. The number of nitriles is 1. The van der Waals surface area contributed by atoms with Crippen LogP contribution in [0.2, 0.25) is 0 Å². The smallest absolute Gasteiger partial charge is 0.416 e. The fourth-order valence-electron chi connectivity index (χ4n) is 2.07. The lowest BCUT2D eigenvalue weighted by Crippen LogP contribution is -2.19. The van der Waals surface area contributed by atoms with E-state index in [2.05, 4.69) is 11.4 Å². The Labute approximate surface area is 138 Å². The van der Waals surface area contributed by atoms with E-state index in [9.17, 15) is 13.2 Å². The maximum absolute atomic E-state index is 12.7. The van der Waals surface area contributed by atoms with Gasteiger partial charge in [0.15, 0.2) is 0 Å². The number of alkyl halides is 3. The minimum atomic E-state index is -4.40. The van der Waals surface area contributed by atoms with Crippen LogP contribution in [0.15, 0.2) is 48.5 Å². The van der Waals surface area contributed by atoms with Gasteiger partial charge in [-0.15, -0.1) is 0 Å².